The Labute approximate surface area is 189 Å². The fraction of sp³-hybridized carbons (Fsp3) is 0.609. The molecule has 0 bridgehead atoms. The highest BCUT2D eigenvalue weighted by Gasteiger charge is 2.33. The molecule has 0 fully saturated rings. The van der Waals surface area contributed by atoms with Gasteiger partial charge in [0.2, 0.25) is 5.89 Å². The quantitative estimate of drug-likeness (QED) is 0.359. The first-order valence-electron chi connectivity index (χ1n) is 10.2. The number of thioether (sulfide) groups is 1. The van der Waals surface area contributed by atoms with Crippen LogP contribution >= 0.6 is 11.8 Å². The number of carbonyl (C=O) groups excluding carboxylic acids is 1. The largest absolute Gasteiger partial charge is 0.493 e. The molecule has 172 valence electrons. The molecule has 0 spiro atoms. The van der Waals surface area contributed by atoms with Crippen molar-refractivity contribution in [1.82, 2.24) is 10.2 Å². The average Bonchev–Trinajstić information content (AvgIpc) is 3.14. The number of benzene rings is 1. The maximum absolute atomic E-state index is 12.4. The molecular weight excluding hydrogens is 416 g/mol. The van der Waals surface area contributed by atoms with Crippen molar-refractivity contribution in [3.8, 4) is 17.2 Å². The first kappa shape index (κ1) is 25.2. The van der Waals surface area contributed by atoms with Gasteiger partial charge in [0.15, 0.2) is 0 Å². The molecule has 0 radical (unpaired) electrons. The average molecular weight is 451 g/mol. The molecule has 0 atom stereocenters. The number of aromatic nitrogens is 2. The van der Waals surface area contributed by atoms with Crippen LogP contribution in [0.5, 0.6) is 5.75 Å². The van der Waals surface area contributed by atoms with Gasteiger partial charge in [0.25, 0.3) is 5.22 Å². The summed E-state index contributed by atoms with van der Waals surface area (Å²) in [5.41, 5.74) is -0.627. The Hall–Kier alpha value is -2.06. The highest BCUT2D eigenvalue weighted by Crippen LogP contribution is 2.26. The molecule has 0 N–H and O–H groups in total. The maximum Gasteiger partial charge on any atom is 0.314 e. The second-order valence-corrected chi connectivity index (χ2v) is 10.7. The van der Waals surface area contributed by atoms with Crippen LogP contribution < -0.4 is 4.74 Å². The highest BCUT2D eigenvalue weighted by atomic mass is 32.2. The van der Waals surface area contributed by atoms with Crippen molar-refractivity contribution < 1.29 is 23.4 Å². The summed E-state index contributed by atoms with van der Waals surface area (Å²) in [6, 6.07) is 7.53. The third kappa shape index (κ3) is 8.18. The molecule has 31 heavy (non-hydrogen) atoms. The molecule has 1 aromatic carbocycles. The van der Waals surface area contributed by atoms with Crippen molar-refractivity contribution in [2.75, 3.05) is 26.1 Å². The lowest BCUT2D eigenvalue weighted by Gasteiger charge is -2.30. The molecule has 0 amide bonds. The number of hydrogen-bond donors (Lipinski definition) is 0. The number of hydrogen-bond acceptors (Lipinski definition) is 8. The Morgan fingerprint density at radius 3 is 2.16 bits per heavy atom. The summed E-state index contributed by atoms with van der Waals surface area (Å²) < 4.78 is 22.8. The molecule has 1 heterocycles. The molecule has 0 aliphatic carbocycles. The minimum Gasteiger partial charge on any atom is -0.493 e. The van der Waals surface area contributed by atoms with E-state index >= 15 is 0 Å². The topological polar surface area (TPSA) is 83.7 Å². The van der Waals surface area contributed by atoms with Crippen molar-refractivity contribution >= 4 is 17.7 Å². The molecule has 0 saturated carbocycles. The van der Waals surface area contributed by atoms with Gasteiger partial charge in [-0.05, 0) is 65.1 Å². The molecular formula is C23H34N2O5S. The lowest BCUT2D eigenvalue weighted by molar-refractivity contribution is -0.169. The van der Waals surface area contributed by atoms with Crippen LogP contribution in [0.1, 0.15) is 48.5 Å². The normalized spacial score (nSPS) is 12.6. The van der Waals surface area contributed by atoms with Crippen LogP contribution in [-0.4, -0.2) is 47.8 Å². The summed E-state index contributed by atoms with van der Waals surface area (Å²) in [7, 11) is 0. The van der Waals surface area contributed by atoms with Gasteiger partial charge in [0, 0.05) is 11.0 Å². The van der Waals surface area contributed by atoms with Crippen LogP contribution in [0.4, 0.5) is 0 Å². The van der Waals surface area contributed by atoms with E-state index in [2.05, 4.69) is 24.0 Å². The van der Waals surface area contributed by atoms with Crippen LogP contribution in [-0.2, 0) is 14.3 Å². The third-order valence-electron chi connectivity index (χ3n) is 4.22. The smallest absolute Gasteiger partial charge is 0.314 e. The zero-order valence-corrected chi connectivity index (χ0v) is 20.6. The Bertz CT molecular complexity index is 854. The summed E-state index contributed by atoms with van der Waals surface area (Å²) in [5.74, 6) is 0.966. The van der Waals surface area contributed by atoms with E-state index in [1.165, 1.54) is 11.8 Å². The molecule has 7 nitrogen and oxygen atoms in total. The summed E-state index contributed by atoms with van der Waals surface area (Å²) in [5, 5.41) is 8.51. The van der Waals surface area contributed by atoms with Gasteiger partial charge in [-0.1, -0.05) is 25.6 Å². The standard InChI is InChI=1S/C23H34N2O5S/c1-21(2,3)30-19(26)23(6,7)15-27-13-22(4,5)14-28-17-11-9-16(10-12-17)18-24-25-20(29-18)31-8/h9-12H,13-15H2,1-8H3. The van der Waals surface area contributed by atoms with Gasteiger partial charge >= 0.3 is 5.97 Å². The summed E-state index contributed by atoms with van der Waals surface area (Å²) in [4.78, 5) is 12.4. The van der Waals surface area contributed by atoms with E-state index in [-0.39, 0.29) is 18.0 Å². The lowest BCUT2D eigenvalue weighted by atomic mass is 9.93. The number of esters is 1. The van der Waals surface area contributed by atoms with Crippen LogP contribution in [0, 0.1) is 10.8 Å². The zero-order chi connectivity index (χ0) is 23.3. The molecule has 0 aliphatic rings. The summed E-state index contributed by atoms with van der Waals surface area (Å²) in [6.45, 7) is 14.6. The van der Waals surface area contributed by atoms with Gasteiger partial charge in [-0.2, -0.15) is 0 Å². The first-order chi connectivity index (χ1) is 14.3. The fourth-order valence-corrected chi connectivity index (χ4v) is 2.77. The van der Waals surface area contributed by atoms with E-state index in [0.29, 0.717) is 24.3 Å². The van der Waals surface area contributed by atoms with Crippen molar-refractivity contribution in [2.24, 2.45) is 10.8 Å². The first-order valence-corrected chi connectivity index (χ1v) is 11.5. The molecule has 1 aromatic heterocycles. The number of ether oxygens (including phenoxy) is 3. The zero-order valence-electron chi connectivity index (χ0n) is 19.8. The minimum absolute atomic E-state index is 0.234. The van der Waals surface area contributed by atoms with E-state index < -0.39 is 11.0 Å². The van der Waals surface area contributed by atoms with Gasteiger partial charge in [0.1, 0.15) is 11.4 Å². The van der Waals surface area contributed by atoms with Crippen molar-refractivity contribution in [3.05, 3.63) is 24.3 Å². The number of carbonyl (C=O) groups is 1. The fourth-order valence-electron chi connectivity index (χ4n) is 2.48. The highest BCUT2D eigenvalue weighted by molar-refractivity contribution is 7.98. The second-order valence-electron chi connectivity index (χ2n) is 9.93. The Morgan fingerprint density at radius 2 is 1.61 bits per heavy atom. The predicted molar refractivity (Wildman–Crippen MR) is 121 cm³/mol. The Balaban J connectivity index is 1.82. The number of rotatable bonds is 10. The molecule has 8 heteroatoms. The van der Waals surface area contributed by atoms with E-state index in [1.807, 2.05) is 65.1 Å². The SMILES string of the molecule is CSc1nnc(-c2ccc(OCC(C)(C)COCC(C)(C)C(=O)OC(C)(C)C)cc2)o1. The van der Waals surface area contributed by atoms with Gasteiger partial charge in [-0.15, -0.1) is 10.2 Å². The van der Waals surface area contributed by atoms with Crippen molar-refractivity contribution in [3.63, 3.8) is 0 Å². The van der Waals surface area contributed by atoms with E-state index in [4.69, 9.17) is 18.6 Å². The number of nitrogens with zero attached hydrogens (tertiary/aromatic N) is 2. The van der Waals surface area contributed by atoms with Crippen molar-refractivity contribution in [2.45, 2.75) is 59.3 Å². The summed E-state index contributed by atoms with van der Waals surface area (Å²) in [6.07, 6.45) is 1.89. The van der Waals surface area contributed by atoms with Gasteiger partial charge in [-0.3, -0.25) is 4.79 Å². The molecule has 2 aromatic rings. The molecule has 0 unspecified atom stereocenters. The monoisotopic (exact) mass is 450 g/mol. The van der Waals surface area contributed by atoms with Gasteiger partial charge in [0.05, 0.1) is 25.2 Å². The Morgan fingerprint density at radius 1 is 0.968 bits per heavy atom. The van der Waals surface area contributed by atoms with Crippen LogP contribution in [0.3, 0.4) is 0 Å². The Kier molecular flexibility index (Phi) is 8.16. The van der Waals surface area contributed by atoms with Gasteiger partial charge in [-0.25, -0.2) is 0 Å². The molecule has 0 saturated heterocycles. The van der Waals surface area contributed by atoms with Crippen LogP contribution in [0.15, 0.2) is 33.9 Å². The lowest BCUT2D eigenvalue weighted by Crippen LogP contribution is -2.38. The van der Waals surface area contributed by atoms with E-state index in [0.717, 1.165) is 11.3 Å². The minimum atomic E-state index is -0.717. The molecule has 0 aliphatic heterocycles. The second kappa shape index (κ2) is 10.0. The van der Waals surface area contributed by atoms with Crippen LogP contribution in [0.2, 0.25) is 0 Å². The summed E-state index contributed by atoms with van der Waals surface area (Å²) >= 11 is 1.41. The molecule has 2 rings (SSSR count). The third-order valence-corrected chi connectivity index (χ3v) is 4.73. The van der Waals surface area contributed by atoms with Crippen molar-refractivity contribution in [1.29, 1.82) is 0 Å². The van der Waals surface area contributed by atoms with E-state index in [1.54, 1.807) is 0 Å². The maximum atomic E-state index is 12.4. The van der Waals surface area contributed by atoms with Crippen LogP contribution in [0.25, 0.3) is 11.5 Å². The predicted octanol–water partition coefficient (Wildman–Crippen LogP) is 5.25. The van der Waals surface area contributed by atoms with Gasteiger partial charge < -0.3 is 18.6 Å². The van der Waals surface area contributed by atoms with E-state index in [9.17, 15) is 4.79 Å².